The van der Waals surface area contributed by atoms with Crippen LogP contribution in [0.15, 0.2) is 60.9 Å². The van der Waals surface area contributed by atoms with Crippen molar-refractivity contribution in [1.82, 2.24) is 14.7 Å². The first-order chi connectivity index (χ1) is 17.5. The number of methoxy groups -OCH3 is 2. The number of anilines is 1. The number of carbonyl (C=O) groups excluding carboxylic acids is 2. The minimum atomic E-state index is -0.180. The number of rotatable bonds is 10. The van der Waals surface area contributed by atoms with Crippen LogP contribution in [0.3, 0.4) is 0 Å². The van der Waals surface area contributed by atoms with Crippen LogP contribution >= 0.6 is 0 Å². The predicted molar refractivity (Wildman–Crippen MR) is 135 cm³/mol. The molecule has 1 aromatic heterocycles. The highest BCUT2D eigenvalue weighted by molar-refractivity contribution is 5.92. The van der Waals surface area contributed by atoms with Gasteiger partial charge in [0.1, 0.15) is 23.8 Å². The lowest BCUT2D eigenvalue weighted by molar-refractivity contribution is -0.134. The van der Waals surface area contributed by atoms with E-state index in [1.165, 1.54) is 0 Å². The maximum atomic E-state index is 12.9. The molecule has 1 atom stereocenters. The van der Waals surface area contributed by atoms with Gasteiger partial charge in [-0.2, -0.15) is 5.10 Å². The van der Waals surface area contributed by atoms with E-state index in [2.05, 4.69) is 10.4 Å². The Morgan fingerprint density at radius 1 is 1.06 bits per heavy atom. The summed E-state index contributed by atoms with van der Waals surface area (Å²) >= 11 is 0. The van der Waals surface area contributed by atoms with Crippen LogP contribution in [0.25, 0.3) is 0 Å². The average molecular weight is 493 g/mol. The van der Waals surface area contributed by atoms with Crippen molar-refractivity contribution in [1.29, 1.82) is 0 Å². The quantitative estimate of drug-likeness (QED) is 0.466. The fraction of sp³-hybridized carbons (Fsp3) is 0.370. The van der Waals surface area contributed by atoms with Gasteiger partial charge in [-0.05, 0) is 43.2 Å². The minimum Gasteiger partial charge on any atom is -0.497 e. The molecule has 190 valence electrons. The monoisotopic (exact) mass is 492 g/mol. The molecule has 0 bridgehead atoms. The summed E-state index contributed by atoms with van der Waals surface area (Å²) in [4.78, 5) is 27.2. The Bertz CT molecular complexity index is 1160. The first kappa shape index (κ1) is 25.1. The van der Waals surface area contributed by atoms with Gasteiger partial charge < -0.3 is 24.4 Å². The van der Waals surface area contributed by atoms with E-state index < -0.39 is 0 Å². The lowest BCUT2D eigenvalue weighted by atomic mass is 9.99. The zero-order valence-electron chi connectivity index (χ0n) is 20.7. The Balaban J connectivity index is 1.25. The third-order valence-corrected chi connectivity index (χ3v) is 6.17. The molecule has 4 rings (SSSR count). The number of ether oxygens (including phenoxy) is 3. The number of piperidine rings is 1. The summed E-state index contributed by atoms with van der Waals surface area (Å²) in [5, 5.41) is 7.08. The van der Waals surface area contributed by atoms with E-state index in [4.69, 9.17) is 14.2 Å². The van der Waals surface area contributed by atoms with Crippen molar-refractivity contribution in [2.24, 2.45) is 5.92 Å². The van der Waals surface area contributed by atoms with Gasteiger partial charge >= 0.3 is 0 Å². The lowest BCUT2D eigenvalue weighted by Crippen LogP contribution is -2.43. The highest BCUT2D eigenvalue weighted by Crippen LogP contribution is 2.22. The maximum absolute atomic E-state index is 12.9. The molecule has 1 aliphatic rings. The second-order valence-corrected chi connectivity index (χ2v) is 8.80. The first-order valence-corrected chi connectivity index (χ1v) is 12.0. The summed E-state index contributed by atoms with van der Waals surface area (Å²) in [6.45, 7) is 2.05. The molecule has 0 spiro atoms. The number of carbonyl (C=O) groups is 2. The van der Waals surface area contributed by atoms with Crippen molar-refractivity contribution in [2.45, 2.75) is 25.8 Å². The fourth-order valence-electron chi connectivity index (χ4n) is 4.29. The van der Waals surface area contributed by atoms with Crippen LogP contribution in [0.2, 0.25) is 0 Å². The van der Waals surface area contributed by atoms with Crippen molar-refractivity contribution in [2.75, 3.05) is 39.2 Å². The Morgan fingerprint density at radius 2 is 1.83 bits per heavy atom. The molecule has 9 heteroatoms. The van der Waals surface area contributed by atoms with Gasteiger partial charge in [-0.1, -0.05) is 18.2 Å². The minimum absolute atomic E-state index is 0.000791. The lowest BCUT2D eigenvalue weighted by Gasteiger charge is -2.32. The van der Waals surface area contributed by atoms with Gasteiger partial charge in [0.15, 0.2) is 0 Å². The molecule has 9 nitrogen and oxygen atoms in total. The molecule has 1 aliphatic heterocycles. The average Bonchev–Trinajstić information content (AvgIpc) is 3.34. The third kappa shape index (κ3) is 6.78. The van der Waals surface area contributed by atoms with Crippen molar-refractivity contribution in [3.63, 3.8) is 0 Å². The third-order valence-electron chi connectivity index (χ3n) is 6.17. The van der Waals surface area contributed by atoms with E-state index in [0.29, 0.717) is 24.6 Å². The van der Waals surface area contributed by atoms with E-state index in [0.717, 1.165) is 36.4 Å². The summed E-state index contributed by atoms with van der Waals surface area (Å²) < 4.78 is 18.0. The number of para-hydroxylation sites is 1. The van der Waals surface area contributed by atoms with Crippen LogP contribution in [-0.4, -0.2) is 60.4 Å². The molecule has 2 heterocycles. The number of amides is 2. The number of aromatic nitrogens is 2. The Morgan fingerprint density at radius 3 is 2.61 bits per heavy atom. The number of nitrogens with zero attached hydrogens (tertiary/aromatic N) is 3. The summed E-state index contributed by atoms with van der Waals surface area (Å²) in [6, 6.07) is 14.9. The molecule has 1 saturated heterocycles. The van der Waals surface area contributed by atoms with Crippen LogP contribution in [0.4, 0.5) is 5.69 Å². The largest absolute Gasteiger partial charge is 0.497 e. The Labute approximate surface area is 210 Å². The molecule has 36 heavy (non-hydrogen) atoms. The summed E-state index contributed by atoms with van der Waals surface area (Å²) in [5.41, 5.74) is 1.35. The molecular formula is C27H32N4O5. The number of likely N-dealkylation sites (tertiary alicyclic amines) is 1. The number of benzene rings is 2. The van der Waals surface area contributed by atoms with E-state index in [9.17, 15) is 9.59 Å². The number of nitrogens with one attached hydrogen (secondary N) is 1. The molecule has 2 amide bonds. The summed E-state index contributed by atoms with van der Waals surface area (Å²) in [6.07, 6.45) is 5.36. The van der Waals surface area contributed by atoms with Crippen LogP contribution in [0.5, 0.6) is 17.2 Å². The highest BCUT2D eigenvalue weighted by atomic mass is 16.5. The zero-order valence-corrected chi connectivity index (χ0v) is 20.7. The second-order valence-electron chi connectivity index (χ2n) is 8.80. The van der Waals surface area contributed by atoms with Crippen LogP contribution in [-0.2, 0) is 22.6 Å². The van der Waals surface area contributed by atoms with Gasteiger partial charge in [0, 0.05) is 30.8 Å². The first-order valence-electron chi connectivity index (χ1n) is 12.0. The number of hydrogen-bond donors (Lipinski definition) is 1. The highest BCUT2D eigenvalue weighted by Gasteiger charge is 2.24. The van der Waals surface area contributed by atoms with Crippen molar-refractivity contribution >= 4 is 17.5 Å². The smallest absolute Gasteiger partial charge is 0.244 e. The molecule has 1 N–H and O–H groups in total. The van der Waals surface area contributed by atoms with E-state index >= 15 is 0 Å². The molecular weight excluding hydrogens is 460 g/mol. The van der Waals surface area contributed by atoms with Gasteiger partial charge in [0.05, 0.1) is 39.1 Å². The zero-order chi connectivity index (χ0) is 25.3. The van der Waals surface area contributed by atoms with Crippen molar-refractivity contribution < 1.29 is 23.8 Å². The Hall–Kier alpha value is -4.01. The topological polar surface area (TPSA) is 94.9 Å². The molecule has 3 aromatic rings. The molecule has 0 saturated carbocycles. The van der Waals surface area contributed by atoms with Crippen LogP contribution < -0.4 is 19.5 Å². The molecule has 1 unspecified atom stereocenters. The normalized spacial score (nSPS) is 15.3. The Kier molecular flexibility index (Phi) is 8.44. The molecule has 1 fully saturated rings. The standard InChI is InChI=1S/C27H32N4O5/c1-34-23-9-11-24(12-10-23)36-19-20-6-5-13-30(16-20)27(33)18-31-17-22(15-28-31)29-26(32)14-21-7-3-4-8-25(21)35-2/h3-4,7-12,15,17,20H,5-6,13-14,16,18-19H2,1-2H3,(H,29,32). The fourth-order valence-corrected chi connectivity index (χ4v) is 4.29. The van der Waals surface area contributed by atoms with Gasteiger partial charge in [-0.25, -0.2) is 0 Å². The molecule has 0 aliphatic carbocycles. The van der Waals surface area contributed by atoms with E-state index in [1.807, 2.05) is 53.4 Å². The summed E-state index contributed by atoms with van der Waals surface area (Å²) in [7, 11) is 3.21. The van der Waals surface area contributed by atoms with E-state index in [1.54, 1.807) is 31.3 Å². The SMILES string of the molecule is COc1ccc(OCC2CCCN(C(=O)Cn3cc(NC(=O)Cc4ccccc4OC)cn3)C2)cc1. The van der Waals surface area contributed by atoms with Gasteiger partial charge in [0.2, 0.25) is 11.8 Å². The molecule has 2 aromatic carbocycles. The number of hydrogen-bond acceptors (Lipinski definition) is 6. The summed E-state index contributed by atoms with van der Waals surface area (Å²) in [5.74, 6) is 2.33. The maximum Gasteiger partial charge on any atom is 0.244 e. The van der Waals surface area contributed by atoms with Gasteiger partial charge in [0.25, 0.3) is 0 Å². The van der Waals surface area contributed by atoms with Crippen molar-refractivity contribution in [3.05, 3.63) is 66.5 Å². The molecule has 0 radical (unpaired) electrons. The van der Waals surface area contributed by atoms with E-state index in [-0.39, 0.29) is 30.7 Å². The second kappa shape index (κ2) is 12.1. The predicted octanol–water partition coefficient (Wildman–Crippen LogP) is 3.40. The van der Waals surface area contributed by atoms with Crippen molar-refractivity contribution in [3.8, 4) is 17.2 Å². The van der Waals surface area contributed by atoms with Gasteiger partial charge in [-0.15, -0.1) is 0 Å². The van der Waals surface area contributed by atoms with Gasteiger partial charge in [-0.3, -0.25) is 14.3 Å². The van der Waals surface area contributed by atoms with Crippen LogP contribution in [0.1, 0.15) is 18.4 Å². The van der Waals surface area contributed by atoms with Crippen LogP contribution in [0, 0.1) is 5.92 Å².